The number of hydrogen-bond donors (Lipinski definition) is 1. The third-order valence-electron chi connectivity index (χ3n) is 4.49. The van der Waals surface area contributed by atoms with E-state index in [-0.39, 0.29) is 0 Å². The highest BCUT2D eigenvalue weighted by Crippen LogP contribution is 2.21. The fourth-order valence-electron chi connectivity index (χ4n) is 2.99. The van der Waals surface area contributed by atoms with Gasteiger partial charge in [-0.05, 0) is 51.0 Å². The fraction of sp³-hybridized carbons (Fsp3) is 0.250. The van der Waals surface area contributed by atoms with Gasteiger partial charge in [0.2, 0.25) is 5.88 Å². The second-order valence-electron chi connectivity index (χ2n) is 8.26. The van der Waals surface area contributed by atoms with Crippen LogP contribution in [0.15, 0.2) is 61.3 Å². The molecule has 3 heterocycles. The minimum atomic E-state index is -0.555. The number of fused-ring (bicyclic) bond motifs is 1. The summed E-state index contributed by atoms with van der Waals surface area (Å²) < 4.78 is 11.1. The van der Waals surface area contributed by atoms with Gasteiger partial charge in [-0.15, -0.1) is 0 Å². The Morgan fingerprint density at radius 3 is 2.45 bits per heavy atom. The van der Waals surface area contributed by atoms with Crippen molar-refractivity contribution in [1.29, 1.82) is 0 Å². The highest BCUT2D eigenvalue weighted by Gasteiger charge is 2.18. The van der Waals surface area contributed by atoms with Crippen molar-refractivity contribution in [3.63, 3.8) is 0 Å². The number of nitrogens with one attached hydrogen (secondary N) is 1. The Balaban J connectivity index is 1.31. The SMILES string of the molecule is CC(C)(C)OC(=O)c1ccc(Oc2ccc(CCNc3ncnc4nccnc34)cc2)nc1. The van der Waals surface area contributed by atoms with E-state index in [1.807, 2.05) is 45.0 Å². The van der Waals surface area contributed by atoms with Gasteiger partial charge >= 0.3 is 5.97 Å². The molecule has 4 aromatic rings. The highest BCUT2D eigenvalue weighted by molar-refractivity contribution is 5.89. The standard InChI is InChI=1S/C24H24N6O3/c1-24(2,3)33-23(31)17-6-9-19(28-14-17)32-18-7-4-16(5-8-18)10-11-26-21-20-22(30-15-29-21)27-13-12-25-20/h4-9,12-15H,10-11H2,1-3H3,(H,26,27,29,30). The molecule has 9 heteroatoms. The number of aromatic nitrogens is 5. The summed E-state index contributed by atoms with van der Waals surface area (Å²) in [5.74, 6) is 1.30. The smallest absolute Gasteiger partial charge is 0.340 e. The first kappa shape index (κ1) is 22.1. The van der Waals surface area contributed by atoms with Gasteiger partial charge < -0.3 is 14.8 Å². The maximum atomic E-state index is 12.1. The lowest BCUT2D eigenvalue weighted by Gasteiger charge is -2.19. The normalized spacial score (nSPS) is 11.2. The number of ether oxygens (including phenoxy) is 2. The topological polar surface area (TPSA) is 112 Å². The van der Waals surface area contributed by atoms with Gasteiger partial charge in [-0.2, -0.15) is 0 Å². The lowest BCUT2D eigenvalue weighted by atomic mass is 10.1. The Hall–Kier alpha value is -4.14. The quantitative estimate of drug-likeness (QED) is 0.419. The molecular formula is C24H24N6O3. The summed E-state index contributed by atoms with van der Waals surface area (Å²) in [5, 5.41) is 3.29. The van der Waals surface area contributed by atoms with Gasteiger partial charge in [-0.25, -0.2) is 29.7 Å². The first-order valence-corrected chi connectivity index (χ1v) is 10.5. The third kappa shape index (κ3) is 5.97. The molecule has 0 aliphatic carbocycles. The van der Waals surface area contributed by atoms with Crippen molar-refractivity contribution in [2.75, 3.05) is 11.9 Å². The minimum absolute atomic E-state index is 0.377. The molecule has 1 N–H and O–H groups in total. The molecule has 0 fully saturated rings. The van der Waals surface area contributed by atoms with Gasteiger partial charge in [0.05, 0.1) is 5.56 Å². The van der Waals surface area contributed by atoms with Gasteiger partial charge in [-0.1, -0.05) is 12.1 Å². The van der Waals surface area contributed by atoms with Crippen LogP contribution >= 0.6 is 0 Å². The van der Waals surface area contributed by atoms with Gasteiger partial charge in [0.1, 0.15) is 23.2 Å². The largest absolute Gasteiger partial charge is 0.456 e. The first-order chi connectivity index (χ1) is 15.9. The molecule has 1 aromatic carbocycles. The van der Waals surface area contributed by atoms with E-state index in [0.29, 0.717) is 40.7 Å². The number of nitrogens with zero attached hydrogens (tertiary/aromatic N) is 5. The van der Waals surface area contributed by atoms with Crippen LogP contribution in [0.4, 0.5) is 5.82 Å². The molecule has 4 rings (SSSR count). The monoisotopic (exact) mass is 444 g/mol. The molecule has 0 spiro atoms. The Labute approximate surface area is 191 Å². The summed E-state index contributed by atoms with van der Waals surface area (Å²) in [6, 6.07) is 11.0. The van der Waals surface area contributed by atoms with Crippen LogP contribution in [-0.4, -0.2) is 43.0 Å². The second kappa shape index (κ2) is 9.56. The van der Waals surface area contributed by atoms with E-state index in [0.717, 1.165) is 12.0 Å². The van der Waals surface area contributed by atoms with Crippen molar-refractivity contribution in [1.82, 2.24) is 24.9 Å². The van der Waals surface area contributed by atoms with Crippen molar-refractivity contribution in [2.24, 2.45) is 0 Å². The number of benzene rings is 1. The van der Waals surface area contributed by atoms with E-state index in [1.54, 1.807) is 24.5 Å². The zero-order chi connectivity index (χ0) is 23.3. The third-order valence-corrected chi connectivity index (χ3v) is 4.49. The van der Waals surface area contributed by atoms with E-state index in [9.17, 15) is 4.79 Å². The molecule has 0 bridgehead atoms. The Morgan fingerprint density at radius 2 is 1.73 bits per heavy atom. The number of anilines is 1. The summed E-state index contributed by atoms with van der Waals surface area (Å²) in [4.78, 5) is 33.1. The molecule has 0 aliphatic heterocycles. The summed E-state index contributed by atoms with van der Waals surface area (Å²) >= 11 is 0. The molecular weight excluding hydrogens is 420 g/mol. The van der Waals surface area contributed by atoms with Crippen molar-refractivity contribution >= 4 is 23.0 Å². The summed E-state index contributed by atoms with van der Waals surface area (Å²) in [7, 11) is 0. The number of hydrogen-bond acceptors (Lipinski definition) is 9. The van der Waals surface area contributed by atoms with Crippen molar-refractivity contribution < 1.29 is 14.3 Å². The average molecular weight is 444 g/mol. The van der Waals surface area contributed by atoms with E-state index < -0.39 is 11.6 Å². The molecule has 0 aliphatic rings. The number of carbonyl (C=O) groups excluding carboxylic acids is 1. The van der Waals surface area contributed by atoms with Gasteiger partial charge in [0.15, 0.2) is 11.5 Å². The summed E-state index contributed by atoms with van der Waals surface area (Å²) in [6.45, 7) is 6.14. The van der Waals surface area contributed by atoms with Crippen LogP contribution in [0.3, 0.4) is 0 Å². The summed E-state index contributed by atoms with van der Waals surface area (Å²) in [5.41, 5.74) is 2.16. The molecule has 33 heavy (non-hydrogen) atoms. The minimum Gasteiger partial charge on any atom is -0.456 e. The zero-order valence-corrected chi connectivity index (χ0v) is 18.6. The Morgan fingerprint density at radius 1 is 0.939 bits per heavy atom. The number of carbonyl (C=O) groups is 1. The zero-order valence-electron chi connectivity index (χ0n) is 18.6. The molecule has 0 radical (unpaired) electrons. The second-order valence-corrected chi connectivity index (χ2v) is 8.26. The maximum absolute atomic E-state index is 12.1. The molecule has 9 nitrogen and oxygen atoms in total. The maximum Gasteiger partial charge on any atom is 0.340 e. The van der Waals surface area contributed by atoms with Crippen LogP contribution in [-0.2, 0) is 11.2 Å². The number of esters is 1. The van der Waals surface area contributed by atoms with Crippen molar-refractivity contribution in [2.45, 2.75) is 32.8 Å². The molecule has 0 saturated heterocycles. The molecule has 3 aromatic heterocycles. The molecule has 0 atom stereocenters. The Bertz CT molecular complexity index is 1230. The highest BCUT2D eigenvalue weighted by atomic mass is 16.6. The van der Waals surface area contributed by atoms with Crippen molar-refractivity contribution in [3.8, 4) is 11.6 Å². The van der Waals surface area contributed by atoms with Crippen LogP contribution in [0.1, 0.15) is 36.7 Å². The van der Waals surface area contributed by atoms with Crippen LogP contribution in [0.2, 0.25) is 0 Å². The molecule has 0 saturated carbocycles. The molecule has 0 unspecified atom stereocenters. The van der Waals surface area contributed by atoms with Crippen LogP contribution in [0.5, 0.6) is 11.6 Å². The first-order valence-electron chi connectivity index (χ1n) is 10.5. The average Bonchev–Trinajstić information content (AvgIpc) is 2.80. The van der Waals surface area contributed by atoms with Gasteiger partial charge in [-0.3, -0.25) is 0 Å². The predicted molar refractivity (Wildman–Crippen MR) is 123 cm³/mol. The van der Waals surface area contributed by atoms with E-state index in [1.165, 1.54) is 12.5 Å². The molecule has 168 valence electrons. The lowest BCUT2D eigenvalue weighted by molar-refractivity contribution is 0.00690. The van der Waals surface area contributed by atoms with E-state index in [2.05, 4.69) is 30.2 Å². The summed E-state index contributed by atoms with van der Waals surface area (Å²) in [6.07, 6.45) is 6.93. The lowest BCUT2D eigenvalue weighted by Crippen LogP contribution is -2.23. The van der Waals surface area contributed by atoms with Crippen LogP contribution < -0.4 is 10.1 Å². The fourth-order valence-corrected chi connectivity index (χ4v) is 2.99. The van der Waals surface area contributed by atoms with Crippen LogP contribution in [0.25, 0.3) is 11.2 Å². The van der Waals surface area contributed by atoms with Gasteiger partial charge in [0.25, 0.3) is 0 Å². The predicted octanol–water partition coefficient (Wildman–Crippen LogP) is 4.22. The van der Waals surface area contributed by atoms with Crippen molar-refractivity contribution in [3.05, 3.63) is 72.4 Å². The van der Waals surface area contributed by atoms with E-state index in [4.69, 9.17) is 9.47 Å². The van der Waals surface area contributed by atoms with E-state index >= 15 is 0 Å². The number of pyridine rings is 1. The van der Waals surface area contributed by atoms with Gasteiger partial charge in [0, 0.05) is 31.2 Å². The molecule has 0 amide bonds. The van der Waals surface area contributed by atoms with Crippen LogP contribution in [0, 0.1) is 0 Å². The Kier molecular flexibility index (Phi) is 6.39. The number of rotatable bonds is 7.